The van der Waals surface area contributed by atoms with E-state index in [1.807, 2.05) is 0 Å². The highest BCUT2D eigenvalue weighted by atomic mass is 32.2. The van der Waals surface area contributed by atoms with Gasteiger partial charge in [0.25, 0.3) is 0 Å². The molecule has 0 aliphatic heterocycles. The first kappa shape index (κ1) is 15.5. The van der Waals surface area contributed by atoms with Crippen LogP contribution >= 0.6 is 0 Å². The summed E-state index contributed by atoms with van der Waals surface area (Å²) in [6.07, 6.45) is 1.16. The Hall–Kier alpha value is -1.89. The van der Waals surface area contributed by atoms with Crippen LogP contribution in [0.2, 0.25) is 0 Å². The monoisotopic (exact) mass is 311 g/mol. The standard InChI is InChI=1S/C14H18FN3O2S/c1-14(2,21(4,19)20)12-11(13(16)18(3)17-12)9-5-7-10(15)8-6-9/h5-8H,16H2,1-4H3. The number of rotatable bonds is 3. The molecule has 0 aliphatic rings. The molecule has 0 unspecified atom stereocenters. The maximum Gasteiger partial charge on any atom is 0.158 e. The van der Waals surface area contributed by atoms with E-state index in [-0.39, 0.29) is 5.82 Å². The van der Waals surface area contributed by atoms with Gasteiger partial charge in [0, 0.05) is 18.9 Å². The molecule has 5 nitrogen and oxygen atoms in total. The number of sulfone groups is 1. The SMILES string of the molecule is Cn1nc(C(C)(C)S(C)(=O)=O)c(-c2ccc(F)cc2)c1N. The van der Waals surface area contributed by atoms with Gasteiger partial charge >= 0.3 is 0 Å². The number of anilines is 1. The van der Waals surface area contributed by atoms with Gasteiger partial charge in [-0.25, -0.2) is 12.8 Å². The van der Waals surface area contributed by atoms with Crippen molar-refractivity contribution in [3.8, 4) is 11.1 Å². The summed E-state index contributed by atoms with van der Waals surface area (Å²) in [5.41, 5.74) is 7.54. The van der Waals surface area contributed by atoms with E-state index in [1.54, 1.807) is 33.0 Å². The summed E-state index contributed by atoms with van der Waals surface area (Å²) < 4.78 is 37.4. The maximum absolute atomic E-state index is 13.1. The van der Waals surface area contributed by atoms with Crippen LogP contribution in [-0.4, -0.2) is 24.5 Å². The van der Waals surface area contributed by atoms with E-state index in [2.05, 4.69) is 5.10 Å². The summed E-state index contributed by atoms with van der Waals surface area (Å²) in [6, 6.07) is 5.73. The molecule has 0 fully saturated rings. The van der Waals surface area contributed by atoms with Crippen LogP contribution in [0.25, 0.3) is 11.1 Å². The quantitative estimate of drug-likeness (QED) is 0.941. The van der Waals surface area contributed by atoms with Crippen LogP contribution in [0, 0.1) is 5.82 Å². The molecule has 1 aromatic carbocycles. The summed E-state index contributed by atoms with van der Waals surface area (Å²) in [4.78, 5) is 0. The van der Waals surface area contributed by atoms with Crippen LogP contribution in [-0.2, 0) is 21.6 Å². The molecule has 21 heavy (non-hydrogen) atoms. The van der Waals surface area contributed by atoms with Crippen molar-refractivity contribution in [2.24, 2.45) is 7.05 Å². The molecule has 0 spiro atoms. The summed E-state index contributed by atoms with van der Waals surface area (Å²) >= 11 is 0. The number of halogens is 1. The number of nitrogens with two attached hydrogens (primary N) is 1. The second-order valence-electron chi connectivity index (χ2n) is 5.52. The number of hydrogen-bond acceptors (Lipinski definition) is 4. The highest BCUT2D eigenvalue weighted by molar-refractivity contribution is 7.91. The topological polar surface area (TPSA) is 78.0 Å². The lowest BCUT2D eigenvalue weighted by atomic mass is 9.98. The van der Waals surface area contributed by atoms with Crippen molar-refractivity contribution >= 4 is 15.7 Å². The Morgan fingerprint density at radius 1 is 1.24 bits per heavy atom. The number of hydrogen-bond donors (Lipinski definition) is 1. The highest BCUT2D eigenvalue weighted by Gasteiger charge is 2.38. The Kier molecular flexibility index (Phi) is 3.57. The van der Waals surface area contributed by atoms with Crippen LogP contribution in [0.5, 0.6) is 0 Å². The van der Waals surface area contributed by atoms with E-state index >= 15 is 0 Å². The van der Waals surface area contributed by atoms with Gasteiger partial charge in [0.15, 0.2) is 9.84 Å². The van der Waals surface area contributed by atoms with Crippen molar-refractivity contribution in [3.63, 3.8) is 0 Å². The number of aryl methyl sites for hydroxylation is 1. The Morgan fingerprint density at radius 2 is 1.76 bits per heavy atom. The lowest BCUT2D eigenvalue weighted by Crippen LogP contribution is -2.29. The summed E-state index contributed by atoms with van der Waals surface area (Å²) in [6.45, 7) is 3.16. The van der Waals surface area contributed by atoms with E-state index < -0.39 is 14.6 Å². The third-order valence-electron chi connectivity index (χ3n) is 3.72. The van der Waals surface area contributed by atoms with E-state index in [4.69, 9.17) is 5.73 Å². The molecule has 0 saturated heterocycles. The van der Waals surface area contributed by atoms with Crippen LogP contribution in [0.3, 0.4) is 0 Å². The van der Waals surface area contributed by atoms with Gasteiger partial charge < -0.3 is 5.73 Å². The predicted octanol–water partition coefficient (Wildman–Crippen LogP) is 2.09. The van der Waals surface area contributed by atoms with E-state index in [1.165, 1.54) is 16.8 Å². The second-order valence-corrected chi connectivity index (χ2v) is 8.09. The van der Waals surface area contributed by atoms with Gasteiger partial charge in [-0.1, -0.05) is 12.1 Å². The molecular formula is C14H18FN3O2S. The van der Waals surface area contributed by atoms with Crippen molar-refractivity contribution in [2.45, 2.75) is 18.6 Å². The average Bonchev–Trinajstić information content (AvgIpc) is 2.66. The molecule has 1 heterocycles. The van der Waals surface area contributed by atoms with Crippen LogP contribution in [0.4, 0.5) is 10.2 Å². The number of nitrogen functional groups attached to an aromatic ring is 1. The molecule has 2 rings (SSSR count). The molecule has 0 amide bonds. The molecule has 1 aromatic heterocycles. The molecule has 7 heteroatoms. The minimum Gasteiger partial charge on any atom is -0.383 e. The molecule has 0 aliphatic carbocycles. The van der Waals surface area contributed by atoms with Gasteiger partial charge in [-0.05, 0) is 31.5 Å². The lowest BCUT2D eigenvalue weighted by Gasteiger charge is -2.21. The minimum atomic E-state index is -3.40. The number of nitrogens with zero attached hydrogens (tertiary/aromatic N) is 2. The molecule has 0 saturated carbocycles. The zero-order chi connectivity index (χ0) is 16.0. The Labute approximate surface area is 123 Å². The molecule has 2 aromatic rings. The molecule has 114 valence electrons. The summed E-state index contributed by atoms with van der Waals surface area (Å²) in [7, 11) is -1.76. The number of benzene rings is 1. The molecular weight excluding hydrogens is 293 g/mol. The zero-order valence-electron chi connectivity index (χ0n) is 12.4. The van der Waals surface area contributed by atoms with Crippen molar-refractivity contribution in [3.05, 3.63) is 35.8 Å². The van der Waals surface area contributed by atoms with Gasteiger partial charge in [0.2, 0.25) is 0 Å². The first-order valence-electron chi connectivity index (χ1n) is 6.34. The fourth-order valence-electron chi connectivity index (χ4n) is 2.04. The minimum absolute atomic E-state index is 0.341. The first-order valence-corrected chi connectivity index (χ1v) is 8.23. The first-order chi connectivity index (χ1) is 9.55. The van der Waals surface area contributed by atoms with E-state index in [9.17, 15) is 12.8 Å². The largest absolute Gasteiger partial charge is 0.383 e. The van der Waals surface area contributed by atoms with Gasteiger partial charge in [0.1, 0.15) is 16.4 Å². The fourth-order valence-corrected chi connectivity index (χ4v) is 2.53. The van der Waals surface area contributed by atoms with Gasteiger partial charge in [-0.15, -0.1) is 0 Å². The fraction of sp³-hybridized carbons (Fsp3) is 0.357. The van der Waals surface area contributed by atoms with Gasteiger partial charge in [-0.3, -0.25) is 4.68 Å². The van der Waals surface area contributed by atoms with E-state index in [0.717, 1.165) is 6.26 Å². The Bertz CT molecular complexity index is 777. The third-order valence-corrected chi connectivity index (χ3v) is 5.77. The highest BCUT2D eigenvalue weighted by Crippen LogP contribution is 2.39. The molecule has 0 atom stereocenters. The van der Waals surface area contributed by atoms with Gasteiger partial charge in [0.05, 0.1) is 5.69 Å². The third kappa shape index (κ3) is 2.53. The van der Waals surface area contributed by atoms with Crippen molar-refractivity contribution in [1.29, 1.82) is 0 Å². The second kappa shape index (κ2) is 4.84. The number of aromatic nitrogens is 2. The maximum atomic E-state index is 13.1. The predicted molar refractivity (Wildman–Crippen MR) is 80.9 cm³/mol. The van der Waals surface area contributed by atoms with E-state index in [0.29, 0.717) is 22.6 Å². The summed E-state index contributed by atoms with van der Waals surface area (Å²) in [5.74, 6) is -0.0292. The molecule has 0 radical (unpaired) electrons. The van der Waals surface area contributed by atoms with Crippen molar-refractivity contribution in [2.75, 3.05) is 12.0 Å². The molecule has 0 bridgehead atoms. The van der Waals surface area contributed by atoms with Crippen LogP contribution in [0.1, 0.15) is 19.5 Å². The van der Waals surface area contributed by atoms with Crippen molar-refractivity contribution in [1.82, 2.24) is 9.78 Å². The van der Waals surface area contributed by atoms with Crippen LogP contribution < -0.4 is 5.73 Å². The lowest BCUT2D eigenvalue weighted by molar-refractivity contribution is 0.553. The summed E-state index contributed by atoms with van der Waals surface area (Å²) in [5, 5.41) is 4.27. The Balaban J connectivity index is 2.76. The Morgan fingerprint density at radius 3 is 2.24 bits per heavy atom. The van der Waals surface area contributed by atoms with Gasteiger partial charge in [-0.2, -0.15) is 5.10 Å². The normalized spacial score (nSPS) is 12.6. The average molecular weight is 311 g/mol. The van der Waals surface area contributed by atoms with Crippen molar-refractivity contribution < 1.29 is 12.8 Å². The zero-order valence-corrected chi connectivity index (χ0v) is 13.2. The van der Waals surface area contributed by atoms with Crippen LogP contribution in [0.15, 0.2) is 24.3 Å². The smallest absolute Gasteiger partial charge is 0.158 e. The molecule has 2 N–H and O–H groups in total.